The predicted molar refractivity (Wildman–Crippen MR) is 141 cm³/mol. The Balaban J connectivity index is 0.000000720. The zero-order chi connectivity index (χ0) is 23.2. The summed E-state index contributed by atoms with van der Waals surface area (Å²) in [5.74, 6) is 0. The van der Waals surface area contributed by atoms with Crippen LogP contribution in [0.4, 0.5) is 0 Å². The summed E-state index contributed by atoms with van der Waals surface area (Å²) in [7, 11) is 0. The summed E-state index contributed by atoms with van der Waals surface area (Å²) in [5.41, 5.74) is 6.81. The van der Waals surface area contributed by atoms with Crippen LogP contribution in [0.5, 0.6) is 0 Å². The van der Waals surface area contributed by atoms with Crippen molar-refractivity contribution in [3.63, 3.8) is 0 Å². The van der Waals surface area contributed by atoms with Crippen LogP contribution >= 0.6 is 0 Å². The van der Waals surface area contributed by atoms with E-state index in [1.807, 2.05) is 19.9 Å². The van der Waals surface area contributed by atoms with E-state index in [4.69, 9.17) is 0 Å². The number of nitrogens with one attached hydrogen (secondary N) is 1. The SMILES string of the molecule is C=CCC.CC.CC(C)=C(C)c1c(CNC(C)c2ccccc2)ccc2ccccc12. The molecule has 0 aliphatic carbocycles. The highest BCUT2D eigenvalue weighted by Gasteiger charge is 2.12. The molecule has 0 aromatic heterocycles. The van der Waals surface area contributed by atoms with E-state index in [9.17, 15) is 0 Å². The Kier molecular flexibility index (Phi) is 12.2. The number of benzene rings is 3. The molecule has 1 nitrogen and oxygen atoms in total. The lowest BCUT2D eigenvalue weighted by Crippen LogP contribution is -2.19. The van der Waals surface area contributed by atoms with E-state index in [1.165, 1.54) is 38.6 Å². The van der Waals surface area contributed by atoms with Crippen molar-refractivity contribution < 1.29 is 0 Å². The van der Waals surface area contributed by atoms with E-state index in [1.54, 1.807) is 0 Å². The highest BCUT2D eigenvalue weighted by atomic mass is 14.9. The molecule has 3 aromatic rings. The van der Waals surface area contributed by atoms with E-state index in [0.29, 0.717) is 6.04 Å². The minimum Gasteiger partial charge on any atom is -0.306 e. The average Bonchev–Trinajstić information content (AvgIpc) is 2.83. The van der Waals surface area contributed by atoms with Crippen molar-refractivity contribution >= 4 is 16.3 Å². The van der Waals surface area contributed by atoms with Gasteiger partial charge in [0, 0.05) is 12.6 Å². The third-order valence-electron chi connectivity index (χ3n) is 5.33. The molecule has 0 fully saturated rings. The van der Waals surface area contributed by atoms with Gasteiger partial charge in [0.2, 0.25) is 0 Å². The highest BCUT2D eigenvalue weighted by molar-refractivity contribution is 5.95. The van der Waals surface area contributed by atoms with Crippen LogP contribution < -0.4 is 5.32 Å². The van der Waals surface area contributed by atoms with Gasteiger partial charge in [-0.05, 0) is 67.2 Å². The van der Waals surface area contributed by atoms with Crippen LogP contribution in [0.15, 0.2) is 85.0 Å². The average molecular weight is 416 g/mol. The van der Waals surface area contributed by atoms with Crippen LogP contribution in [0.2, 0.25) is 0 Å². The highest BCUT2D eigenvalue weighted by Crippen LogP contribution is 2.31. The zero-order valence-corrected chi connectivity index (χ0v) is 20.6. The van der Waals surface area contributed by atoms with Crippen LogP contribution in [0, 0.1) is 0 Å². The lowest BCUT2D eigenvalue weighted by molar-refractivity contribution is 0.574. The number of rotatable bonds is 6. The first kappa shape index (κ1) is 26.4. The summed E-state index contributed by atoms with van der Waals surface area (Å²) in [4.78, 5) is 0. The molecule has 166 valence electrons. The molecule has 3 rings (SSSR count). The monoisotopic (exact) mass is 415 g/mol. The predicted octanol–water partition coefficient (Wildman–Crippen LogP) is 9.11. The third kappa shape index (κ3) is 7.84. The fourth-order valence-electron chi connectivity index (χ4n) is 3.28. The van der Waals surface area contributed by atoms with Gasteiger partial charge in [-0.3, -0.25) is 0 Å². The van der Waals surface area contributed by atoms with Gasteiger partial charge in [-0.1, -0.05) is 99.2 Å². The molecule has 0 heterocycles. The molecule has 0 saturated heterocycles. The van der Waals surface area contributed by atoms with E-state index in [0.717, 1.165) is 13.0 Å². The quantitative estimate of drug-likeness (QED) is 0.396. The van der Waals surface area contributed by atoms with E-state index >= 15 is 0 Å². The molecule has 1 atom stereocenters. The maximum Gasteiger partial charge on any atom is 0.0294 e. The van der Waals surface area contributed by atoms with Gasteiger partial charge in [0.1, 0.15) is 0 Å². The molecular weight excluding hydrogens is 374 g/mol. The number of hydrogen-bond donors (Lipinski definition) is 1. The normalized spacial score (nSPS) is 10.8. The van der Waals surface area contributed by atoms with Crippen molar-refractivity contribution in [3.05, 3.63) is 102 Å². The van der Waals surface area contributed by atoms with Gasteiger partial charge in [-0.25, -0.2) is 0 Å². The summed E-state index contributed by atoms with van der Waals surface area (Å²) in [6.07, 6.45) is 2.96. The molecule has 0 amide bonds. The second-order valence-electron chi connectivity index (χ2n) is 7.66. The van der Waals surface area contributed by atoms with Gasteiger partial charge < -0.3 is 5.32 Å². The van der Waals surface area contributed by atoms with Crippen molar-refractivity contribution in [3.8, 4) is 0 Å². The molecule has 0 bridgehead atoms. The van der Waals surface area contributed by atoms with E-state index in [2.05, 4.69) is 113 Å². The standard InChI is InChI=1S/C24H27N.C4H8.C2H6/c1-17(2)18(3)24-22(15-14-21-12-8-9-13-23(21)24)16-25-19(4)20-10-6-5-7-11-20;1-3-4-2;1-2/h5-15,19,25H,16H2,1-4H3;3H,1,4H2,2H3;1-2H3. The first-order valence-electron chi connectivity index (χ1n) is 11.5. The van der Waals surface area contributed by atoms with Gasteiger partial charge in [-0.2, -0.15) is 0 Å². The molecule has 0 spiro atoms. The molecule has 0 radical (unpaired) electrons. The summed E-state index contributed by atoms with van der Waals surface area (Å²) in [5, 5.41) is 6.34. The molecule has 0 saturated carbocycles. The Hall–Kier alpha value is -2.64. The lowest BCUT2D eigenvalue weighted by Gasteiger charge is -2.19. The van der Waals surface area contributed by atoms with Crippen molar-refractivity contribution in [1.82, 2.24) is 5.32 Å². The van der Waals surface area contributed by atoms with Crippen molar-refractivity contribution in [2.75, 3.05) is 0 Å². The Morgan fingerprint density at radius 1 is 0.903 bits per heavy atom. The molecule has 1 unspecified atom stereocenters. The fraction of sp³-hybridized carbons (Fsp3) is 0.333. The second kappa shape index (κ2) is 14.4. The Morgan fingerprint density at radius 3 is 2.06 bits per heavy atom. The fourth-order valence-corrected chi connectivity index (χ4v) is 3.28. The Morgan fingerprint density at radius 2 is 1.48 bits per heavy atom. The molecule has 1 N–H and O–H groups in total. The molecule has 1 heteroatoms. The van der Waals surface area contributed by atoms with Crippen LogP contribution in [-0.4, -0.2) is 0 Å². The maximum atomic E-state index is 3.69. The second-order valence-corrected chi connectivity index (χ2v) is 7.66. The number of hydrogen-bond acceptors (Lipinski definition) is 1. The third-order valence-corrected chi connectivity index (χ3v) is 5.33. The summed E-state index contributed by atoms with van der Waals surface area (Å²) in [6, 6.07) is 24.1. The molecule has 3 aromatic carbocycles. The van der Waals surface area contributed by atoms with Crippen molar-refractivity contribution in [1.29, 1.82) is 0 Å². The zero-order valence-electron chi connectivity index (χ0n) is 20.6. The van der Waals surface area contributed by atoms with Gasteiger partial charge in [0.15, 0.2) is 0 Å². The lowest BCUT2D eigenvalue weighted by atomic mass is 9.91. The topological polar surface area (TPSA) is 12.0 Å². The van der Waals surface area contributed by atoms with Crippen LogP contribution in [0.25, 0.3) is 16.3 Å². The van der Waals surface area contributed by atoms with E-state index < -0.39 is 0 Å². The van der Waals surface area contributed by atoms with Gasteiger partial charge in [0.25, 0.3) is 0 Å². The molecule has 0 aliphatic rings. The van der Waals surface area contributed by atoms with E-state index in [-0.39, 0.29) is 0 Å². The molecular formula is C30H41N. The minimum atomic E-state index is 0.326. The van der Waals surface area contributed by atoms with Crippen LogP contribution in [-0.2, 0) is 6.54 Å². The smallest absolute Gasteiger partial charge is 0.0294 e. The Labute approximate surface area is 190 Å². The summed E-state index contributed by atoms with van der Waals surface area (Å²) >= 11 is 0. The number of allylic oxidation sites excluding steroid dienone is 3. The largest absolute Gasteiger partial charge is 0.306 e. The van der Waals surface area contributed by atoms with Crippen molar-refractivity contribution in [2.24, 2.45) is 0 Å². The summed E-state index contributed by atoms with van der Waals surface area (Å²) < 4.78 is 0. The van der Waals surface area contributed by atoms with Crippen LogP contribution in [0.1, 0.15) is 77.6 Å². The van der Waals surface area contributed by atoms with Crippen LogP contribution in [0.3, 0.4) is 0 Å². The molecule has 31 heavy (non-hydrogen) atoms. The maximum absolute atomic E-state index is 3.69. The van der Waals surface area contributed by atoms with Gasteiger partial charge >= 0.3 is 0 Å². The van der Waals surface area contributed by atoms with Crippen molar-refractivity contribution in [2.45, 2.75) is 67.5 Å². The minimum absolute atomic E-state index is 0.326. The summed E-state index contributed by atoms with van der Waals surface area (Å²) in [6.45, 7) is 19.3. The Bertz CT molecular complexity index is 947. The van der Waals surface area contributed by atoms with Gasteiger partial charge in [-0.15, -0.1) is 6.58 Å². The number of fused-ring (bicyclic) bond motifs is 1. The first-order valence-corrected chi connectivity index (χ1v) is 11.5. The molecule has 0 aliphatic heterocycles. The van der Waals surface area contributed by atoms with Gasteiger partial charge in [0.05, 0.1) is 0 Å². The first-order chi connectivity index (χ1) is 15.0.